The summed E-state index contributed by atoms with van der Waals surface area (Å²) >= 11 is 0. The van der Waals surface area contributed by atoms with E-state index in [1.165, 1.54) is 21.6 Å². The highest BCUT2D eigenvalue weighted by molar-refractivity contribution is 5.98. The van der Waals surface area contributed by atoms with E-state index in [9.17, 15) is 14.0 Å². The smallest absolute Gasteiger partial charge is 0.420 e. The molecule has 3 aromatic rings. The van der Waals surface area contributed by atoms with Crippen LogP contribution in [0.4, 0.5) is 19.7 Å². The van der Waals surface area contributed by atoms with Crippen molar-refractivity contribution in [2.75, 3.05) is 32.1 Å². The number of hydrogen-bond acceptors (Lipinski definition) is 6. The van der Waals surface area contributed by atoms with Crippen molar-refractivity contribution in [1.29, 1.82) is 0 Å². The van der Waals surface area contributed by atoms with Gasteiger partial charge in [0, 0.05) is 30.9 Å². The van der Waals surface area contributed by atoms with Crippen LogP contribution in [0.2, 0.25) is 0 Å². The van der Waals surface area contributed by atoms with Gasteiger partial charge in [-0.25, -0.2) is 23.5 Å². The zero-order chi connectivity index (χ0) is 26.8. The molecule has 0 N–H and O–H groups in total. The lowest BCUT2D eigenvalue weighted by molar-refractivity contribution is 0.0540. The van der Waals surface area contributed by atoms with Crippen LogP contribution in [0.3, 0.4) is 0 Å². The second-order valence-corrected chi connectivity index (χ2v) is 10.9. The number of benzene rings is 1. The van der Waals surface area contributed by atoms with Gasteiger partial charge >= 0.3 is 12.2 Å². The van der Waals surface area contributed by atoms with E-state index >= 15 is 0 Å². The summed E-state index contributed by atoms with van der Waals surface area (Å²) in [5.41, 5.74) is 0.602. The number of amides is 1. The Morgan fingerprint density at radius 1 is 0.972 bits per heavy atom. The standard InChI is InChI=1S/C27H35FN4O4/c1-26(2,3)35-24(33)31(14-13-30(7)8)20-16-18(15-19(28)17-20)21-9-11-29-23-22(21)10-12-32(23)25(34)36-27(4,5)6/h9-12,15-17H,13-14H2,1-8H3. The molecule has 0 saturated carbocycles. The van der Waals surface area contributed by atoms with Gasteiger partial charge in [0.2, 0.25) is 0 Å². The van der Waals surface area contributed by atoms with Crippen LogP contribution in [0.5, 0.6) is 0 Å². The maximum atomic E-state index is 14.9. The zero-order valence-corrected chi connectivity index (χ0v) is 22.3. The monoisotopic (exact) mass is 498 g/mol. The number of carbonyl (C=O) groups is 2. The Morgan fingerprint density at radius 2 is 1.64 bits per heavy atom. The molecule has 0 spiro atoms. The van der Waals surface area contributed by atoms with Gasteiger partial charge in [-0.05, 0) is 97.1 Å². The summed E-state index contributed by atoms with van der Waals surface area (Å²) in [6.45, 7) is 11.6. The average Bonchev–Trinajstić information content (AvgIpc) is 3.15. The number of rotatable bonds is 5. The highest BCUT2D eigenvalue weighted by Gasteiger charge is 2.25. The normalized spacial score (nSPS) is 12.2. The van der Waals surface area contributed by atoms with Crippen molar-refractivity contribution < 1.29 is 23.5 Å². The molecular weight excluding hydrogens is 463 g/mol. The van der Waals surface area contributed by atoms with Gasteiger partial charge in [0.1, 0.15) is 22.7 Å². The Hall–Kier alpha value is -3.46. The van der Waals surface area contributed by atoms with Crippen LogP contribution in [0.25, 0.3) is 22.2 Å². The van der Waals surface area contributed by atoms with Gasteiger partial charge in [-0.2, -0.15) is 0 Å². The SMILES string of the molecule is CN(C)CCN(C(=O)OC(C)(C)C)c1cc(F)cc(-c2ccnc3c2ccn3C(=O)OC(C)(C)C)c1. The topological polar surface area (TPSA) is 76.9 Å². The van der Waals surface area contributed by atoms with Crippen LogP contribution in [-0.4, -0.2) is 65.0 Å². The highest BCUT2D eigenvalue weighted by Crippen LogP contribution is 2.32. The van der Waals surface area contributed by atoms with E-state index in [0.717, 1.165) is 0 Å². The van der Waals surface area contributed by atoms with Crippen molar-refractivity contribution in [2.45, 2.75) is 52.7 Å². The minimum Gasteiger partial charge on any atom is -0.443 e. The summed E-state index contributed by atoms with van der Waals surface area (Å²) < 4.78 is 27.3. The van der Waals surface area contributed by atoms with Crippen LogP contribution < -0.4 is 4.90 Å². The molecule has 0 aliphatic rings. The van der Waals surface area contributed by atoms with E-state index in [0.29, 0.717) is 40.9 Å². The molecule has 2 heterocycles. The summed E-state index contributed by atoms with van der Waals surface area (Å²) in [7, 11) is 3.79. The molecule has 0 bridgehead atoms. The highest BCUT2D eigenvalue weighted by atomic mass is 19.1. The van der Waals surface area contributed by atoms with Crippen molar-refractivity contribution in [3.63, 3.8) is 0 Å². The molecule has 0 saturated heterocycles. The maximum Gasteiger partial charge on any atom is 0.420 e. The van der Waals surface area contributed by atoms with E-state index in [1.54, 1.807) is 72.1 Å². The maximum absolute atomic E-state index is 14.9. The number of ether oxygens (including phenoxy) is 2. The molecule has 194 valence electrons. The van der Waals surface area contributed by atoms with Crippen LogP contribution in [0, 0.1) is 5.82 Å². The second kappa shape index (κ2) is 10.3. The molecule has 2 aromatic heterocycles. The lowest BCUT2D eigenvalue weighted by Gasteiger charge is -2.28. The summed E-state index contributed by atoms with van der Waals surface area (Å²) in [5, 5.41) is 0.650. The molecule has 0 radical (unpaired) electrons. The molecule has 0 fully saturated rings. The minimum absolute atomic E-state index is 0.311. The number of hydrogen-bond donors (Lipinski definition) is 0. The fourth-order valence-electron chi connectivity index (χ4n) is 3.58. The predicted molar refractivity (Wildman–Crippen MR) is 139 cm³/mol. The Bertz CT molecular complexity index is 1250. The number of nitrogens with zero attached hydrogens (tertiary/aromatic N) is 4. The quantitative estimate of drug-likeness (QED) is 0.434. The third kappa shape index (κ3) is 6.81. The lowest BCUT2D eigenvalue weighted by Crippen LogP contribution is -2.40. The molecule has 9 heteroatoms. The average molecular weight is 499 g/mol. The van der Waals surface area contributed by atoms with Gasteiger partial charge in [0.25, 0.3) is 0 Å². The van der Waals surface area contributed by atoms with Gasteiger partial charge < -0.3 is 14.4 Å². The summed E-state index contributed by atoms with van der Waals surface area (Å²) in [5.74, 6) is -0.502. The second-order valence-electron chi connectivity index (χ2n) is 10.9. The number of halogens is 1. The fourth-order valence-corrected chi connectivity index (χ4v) is 3.58. The molecule has 0 aliphatic heterocycles. The third-order valence-corrected chi connectivity index (χ3v) is 5.07. The van der Waals surface area contributed by atoms with Crippen LogP contribution in [-0.2, 0) is 9.47 Å². The van der Waals surface area contributed by atoms with Gasteiger partial charge in [0.15, 0.2) is 0 Å². The Balaban J connectivity index is 2.06. The van der Waals surface area contributed by atoms with E-state index in [-0.39, 0.29) is 0 Å². The molecule has 0 atom stereocenters. The van der Waals surface area contributed by atoms with Crippen molar-refractivity contribution in [3.8, 4) is 11.1 Å². The van der Waals surface area contributed by atoms with Gasteiger partial charge in [-0.3, -0.25) is 4.90 Å². The molecule has 0 aliphatic carbocycles. The Kier molecular flexibility index (Phi) is 7.73. The van der Waals surface area contributed by atoms with E-state index < -0.39 is 29.2 Å². The van der Waals surface area contributed by atoms with Crippen molar-refractivity contribution in [3.05, 3.63) is 48.5 Å². The van der Waals surface area contributed by atoms with Crippen LogP contribution >= 0.6 is 0 Å². The van der Waals surface area contributed by atoms with Crippen molar-refractivity contribution >= 4 is 28.9 Å². The Morgan fingerprint density at radius 3 is 2.25 bits per heavy atom. The number of fused-ring (bicyclic) bond motifs is 1. The first kappa shape index (κ1) is 27.1. The first-order chi connectivity index (χ1) is 16.6. The Labute approximate surface area is 211 Å². The first-order valence-electron chi connectivity index (χ1n) is 11.8. The number of pyridine rings is 1. The lowest BCUT2D eigenvalue weighted by atomic mass is 10.0. The first-order valence-corrected chi connectivity index (χ1v) is 11.8. The number of anilines is 1. The summed E-state index contributed by atoms with van der Waals surface area (Å²) in [6.07, 6.45) is 2.03. The molecule has 0 unspecified atom stereocenters. The number of carbonyl (C=O) groups excluding carboxylic acids is 2. The molecule has 36 heavy (non-hydrogen) atoms. The largest absolute Gasteiger partial charge is 0.443 e. The van der Waals surface area contributed by atoms with Crippen LogP contribution in [0.1, 0.15) is 41.5 Å². The van der Waals surface area contributed by atoms with Gasteiger partial charge in [-0.1, -0.05) is 0 Å². The third-order valence-electron chi connectivity index (χ3n) is 5.07. The molecule has 8 nitrogen and oxygen atoms in total. The molecule has 1 amide bonds. The number of likely N-dealkylation sites (N-methyl/N-ethyl adjacent to an activating group) is 1. The van der Waals surface area contributed by atoms with Gasteiger partial charge in [-0.15, -0.1) is 0 Å². The van der Waals surface area contributed by atoms with Crippen LogP contribution in [0.15, 0.2) is 42.7 Å². The molecule has 3 rings (SSSR count). The van der Waals surface area contributed by atoms with E-state index in [2.05, 4.69) is 4.98 Å². The summed E-state index contributed by atoms with van der Waals surface area (Å²) in [4.78, 5) is 33.4. The zero-order valence-electron chi connectivity index (χ0n) is 22.3. The predicted octanol–water partition coefficient (Wildman–Crippen LogP) is 5.93. The molecule has 1 aromatic carbocycles. The van der Waals surface area contributed by atoms with E-state index in [4.69, 9.17) is 9.47 Å². The van der Waals surface area contributed by atoms with Crippen molar-refractivity contribution in [1.82, 2.24) is 14.5 Å². The fraction of sp³-hybridized carbons (Fsp3) is 0.444. The molecular formula is C27H35FN4O4. The van der Waals surface area contributed by atoms with Crippen molar-refractivity contribution in [2.24, 2.45) is 0 Å². The summed E-state index contributed by atoms with van der Waals surface area (Å²) in [6, 6.07) is 7.93. The van der Waals surface area contributed by atoms with E-state index in [1.807, 2.05) is 19.0 Å². The van der Waals surface area contributed by atoms with Gasteiger partial charge in [0.05, 0.1) is 5.69 Å². The number of aromatic nitrogens is 2. The minimum atomic E-state index is -0.703.